The van der Waals surface area contributed by atoms with Gasteiger partial charge in [0.15, 0.2) is 0 Å². The highest BCUT2D eigenvalue weighted by molar-refractivity contribution is 7.97. The van der Waals surface area contributed by atoms with Crippen molar-refractivity contribution >= 4 is 11.9 Å². The Morgan fingerprint density at radius 1 is 1.55 bits per heavy atom. The highest BCUT2D eigenvalue weighted by Gasteiger charge is 2.28. The topological polar surface area (TPSA) is 15.3 Å². The van der Waals surface area contributed by atoms with Crippen LogP contribution in [0.15, 0.2) is 0 Å². The Kier molecular flexibility index (Phi) is 3.69. The second kappa shape index (κ2) is 4.33. The van der Waals surface area contributed by atoms with Crippen LogP contribution in [0.3, 0.4) is 0 Å². The maximum atomic E-state index is 3.09. The van der Waals surface area contributed by atoms with Crippen LogP contribution in [0.2, 0.25) is 0 Å². The van der Waals surface area contributed by atoms with Crippen molar-refractivity contribution < 1.29 is 0 Å². The van der Waals surface area contributed by atoms with E-state index in [-0.39, 0.29) is 0 Å². The predicted molar refractivity (Wildman–Crippen MR) is 51.4 cm³/mol. The number of nitrogens with one attached hydrogen (secondary N) is 1. The number of rotatable bonds is 4. The summed E-state index contributed by atoms with van der Waals surface area (Å²) < 4.78 is 3.09. The van der Waals surface area contributed by atoms with Gasteiger partial charge in [0.2, 0.25) is 0 Å². The summed E-state index contributed by atoms with van der Waals surface area (Å²) in [7, 11) is 1.98. The molecule has 1 saturated heterocycles. The molecule has 66 valence electrons. The van der Waals surface area contributed by atoms with E-state index in [9.17, 15) is 0 Å². The third-order valence-electron chi connectivity index (χ3n) is 2.32. The molecule has 0 aromatic carbocycles. The first-order valence-electron chi connectivity index (χ1n) is 4.25. The molecule has 0 aromatic rings. The highest BCUT2D eigenvalue weighted by atomic mass is 32.2. The standard InChI is InChI=1S/C8H18N2S/c1-7(2)8-4-10(5-8)6-11-9-3/h7-9H,4-6H2,1-3H3. The van der Waals surface area contributed by atoms with Crippen molar-refractivity contribution in [2.75, 3.05) is 26.0 Å². The summed E-state index contributed by atoms with van der Waals surface area (Å²) in [6.07, 6.45) is 0. The third-order valence-corrected chi connectivity index (χ3v) is 3.10. The molecule has 0 unspecified atom stereocenters. The molecule has 1 fully saturated rings. The van der Waals surface area contributed by atoms with Gasteiger partial charge in [-0.2, -0.15) is 0 Å². The van der Waals surface area contributed by atoms with Crippen LogP contribution in [-0.4, -0.2) is 30.9 Å². The number of nitrogens with zero attached hydrogens (tertiary/aromatic N) is 1. The second-order valence-corrected chi connectivity index (χ2v) is 4.47. The van der Waals surface area contributed by atoms with Crippen molar-refractivity contribution in [2.24, 2.45) is 11.8 Å². The molecule has 11 heavy (non-hydrogen) atoms. The molecule has 0 aromatic heterocycles. The SMILES string of the molecule is CNSCN1CC(C(C)C)C1. The van der Waals surface area contributed by atoms with Crippen LogP contribution in [0, 0.1) is 11.8 Å². The van der Waals surface area contributed by atoms with E-state index in [0.717, 1.165) is 17.7 Å². The molecule has 1 aliphatic rings. The number of hydrogen-bond donors (Lipinski definition) is 1. The molecule has 1 N–H and O–H groups in total. The Morgan fingerprint density at radius 3 is 2.64 bits per heavy atom. The molecular formula is C8H18N2S. The molecule has 3 heteroatoms. The van der Waals surface area contributed by atoms with Gasteiger partial charge in [-0.15, -0.1) is 0 Å². The zero-order valence-corrected chi connectivity index (χ0v) is 8.45. The Labute approximate surface area is 73.9 Å². The molecule has 0 atom stereocenters. The van der Waals surface area contributed by atoms with Crippen molar-refractivity contribution in [2.45, 2.75) is 13.8 Å². The van der Waals surface area contributed by atoms with Crippen LogP contribution in [-0.2, 0) is 0 Å². The van der Waals surface area contributed by atoms with E-state index < -0.39 is 0 Å². The number of likely N-dealkylation sites (tertiary alicyclic amines) is 1. The summed E-state index contributed by atoms with van der Waals surface area (Å²) in [5, 5.41) is 0. The summed E-state index contributed by atoms with van der Waals surface area (Å²) in [5.74, 6) is 2.96. The summed E-state index contributed by atoms with van der Waals surface area (Å²) in [4.78, 5) is 2.48. The van der Waals surface area contributed by atoms with Gasteiger partial charge < -0.3 is 0 Å². The van der Waals surface area contributed by atoms with Crippen molar-refractivity contribution in [1.82, 2.24) is 9.62 Å². The molecule has 0 amide bonds. The molecule has 0 saturated carbocycles. The van der Waals surface area contributed by atoms with Crippen molar-refractivity contribution in [3.05, 3.63) is 0 Å². The van der Waals surface area contributed by atoms with E-state index in [2.05, 4.69) is 23.5 Å². The van der Waals surface area contributed by atoms with Gasteiger partial charge in [0.25, 0.3) is 0 Å². The summed E-state index contributed by atoms with van der Waals surface area (Å²) in [6.45, 7) is 7.22. The Bertz CT molecular complexity index is 111. The maximum Gasteiger partial charge on any atom is 0.0590 e. The minimum atomic E-state index is 0.867. The highest BCUT2D eigenvalue weighted by Crippen LogP contribution is 2.23. The van der Waals surface area contributed by atoms with Crippen LogP contribution in [0.5, 0.6) is 0 Å². The lowest BCUT2D eigenvalue weighted by Crippen LogP contribution is -2.48. The van der Waals surface area contributed by atoms with Gasteiger partial charge in [-0.25, -0.2) is 0 Å². The first-order valence-corrected chi connectivity index (χ1v) is 5.23. The van der Waals surface area contributed by atoms with E-state index in [1.807, 2.05) is 7.05 Å². The fourth-order valence-electron chi connectivity index (χ4n) is 1.29. The van der Waals surface area contributed by atoms with Crippen molar-refractivity contribution in [3.8, 4) is 0 Å². The minimum absolute atomic E-state index is 0.867. The average molecular weight is 174 g/mol. The normalized spacial score (nSPS) is 20.7. The van der Waals surface area contributed by atoms with Crippen LogP contribution in [0.25, 0.3) is 0 Å². The lowest BCUT2D eigenvalue weighted by molar-refractivity contribution is 0.0898. The van der Waals surface area contributed by atoms with Crippen molar-refractivity contribution in [1.29, 1.82) is 0 Å². The fourth-order valence-corrected chi connectivity index (χ4v) is 1.82. The Hall–Kier alpha value is 0.270. The maximum absolute atomic E-state index is 3.09. The van der Waals surface area contributed by atoms with Crippen LogP contribution >= 0.6 is 11.9 Å². The van der Waals surface area contributed by atoms with E-state index >= 15 is 0 Å². The molecule has 0 radical (unpaired) electrons. The first-order chi connectivity index (χ1) is 5.24. The van der Waals surface area contributed by atoms with E-state index in [1.165, 1.54) is 13.1 Å². The van der Waals surface area contributed by atoms with E-state index in [4.69, 9.17) is 0 Å². The zero-order chi connectivity index (χ0) is 8.27. The molecule has 0 spiro atoms. The van der Waals surface area contributed by atoms with Crippen LogP contribution in [0.4, 0.5) is 0 Å². The Morgan fingerprint density at radius 2 is 2.18 bits per heavy atom. The van der Waals surface area contributed by atoms with Gasteiger partial charge in [-0.1, -0.05) is 25.8 Å². The quantitative estimate of drug-likeness (QED) is 0.649. The third kappa shape index (κ3) is 2.65. The molecule has 1 rings (SSSR count). The van der Waals surface area contributed by atoms with Gasteiger partial charge in [0.05, 0.1) is 5.88 Å². The van der Waals surface area contributed by atoms with E-state index in [1.54, 1.807) is 11.9 Å². The first kappa shape index (κ1) is 9.36. The molecule has 0 bridgehead atoms. The fraction of sp³-hybridized carbons (Fsp3) is 1.00. The molecular weight excluding hydrogens is 156 g/mol. The lowest BCUT2D eigenvalue weighted by atomic mass is 9.89. The van der Waals surface area contributed by atoms with Crippen LogP contribution < -0.4 is 4.72 Å². The van der Waals surface area contributed by atoms with E-state index in [0.29, 0.717) is 0 Å². The molecule has 0 aliphatic carbocycles. The predicted octanol–water partition coefficient (Wildman–Crippen LogP) is 1.40. The smallest absolute Gasteiger partial charge is 0.0590 e. The minimum Gasteiger partial charge on any atom is -0.292 e. The summed E-state index contributed by atoms with van der Waals surface area (Å²) in [5.41, 5.74) is 0. The largest absolute Gasteiger partial charge is 0.292 e. The Balaban J connectivity index is 2.00. The lowest BCUT2D eigenvalue weighted by Gasteiger charge is -2.41. The van der Waals surface area contributed by atoms with Gasteiger partial charge in [-0.3, -0.25) is 9.62 Å². The van der Waals surface area contributed by atoms with Gasteiger partial charge in [0.1, 0.15) is 0 Å². The number of hydrogen-bond acceptors (Lipinski definition) is 3. The van der Waals surface area contributed by atoms with Gasteiger partial charge >= 0.3 is 0 Å². The van der Waals surface area contributed by atoms with Gasteiger partial charge in [-0.05, 0) is 18.9 Å². The second-order valence-electron chi connectivity index (χ2n) is 3.52. The summed E-state index contributed by atoms with van der Waals surface area (Å²) in [6, 6.07) is 0. The van der Waals surface area contributed by atoms with Gasteiger partial charge in [0, 0.05) is 13.1 Å². The zero-order valence-electron chi connectivity index (χ0n) is 7.63. The monoisotopic (exact) mass is 174 g/mol. The molecule has 2 nitrogen and oxygen atoms in total. The molecule has 1 aliphatic heterocycles. The average Bonchev–Trinajstić information content (AvgIpc) is 1.84. The van der Waals surface area contributed by atoms with Crippen LogP contribution in [0.1, 0.15) is 13.8 Å². The van der Waals surface area contributed by atoms with Crippen molar-refractivity contribution in [3.63, 3.8) is 0 Å². The summed E-state index contributed by atoms with van der Waals surface area (Å²) >= 11 is 1.78. The molecule has 1 heterocycles.